The zero-order chi connectivity index (χ0) is 14.3. The van der Waals surface area contributed by atoms with Gasteiger partial charge < -0.3 is 5.32 Å². The summed E-state index contributed by atoms with van der Waals surface area (Å²) in [5.74, 6) is 0.690. The first-order valence-corrected chi connectivity index (χ1v) is 7.78. The molecule has 0 aliphatic carbocycles. The Hall–Kier alpha value is -0.220. The number of hydrogen-bond donors (Lipinski definition) is 1. The normalized spacial score (nSPS) is 12.6. The van der Waals surface area contributed by atoms with Crippen LogP contribution >= 0.6 is 11.8 Å². The van der Waals surface area contributed by atoms with Crippen molar-refractivity contribution in [3.05, 3.63) is 0 Å². The Labute approximate surface area is 117 Å². The molecule has 0 radical (unpaired) electrons. The third-order valence-electron chi connectivity index (χ3n) is 2.66. The Kier molecular flexibility index (Phi) is 7.95. The van der Waals surface area contributed by atoms with Gasteiger partial charge in [0.25, 0.3) is 0 Å². The lowest BCUT2D eigenvalue weighted by Gasteiger charge is -2.30. The number of nitrogens with one attached hydrogen (secondary N) is 1. The van der Waals surface area contributed by atoms with Gasteiger partial charge in [0.2, 0.25) is 5.91 Å². The van der Waals surface area contributed by atoms with Crippen molar-refractivity contribution in [2.24, 2.45) is 0 Å². The standard InChI is InChI=1S/C14H30N2OS/c1-11(2)16(12(3)4)9-8-15-13(17)10-18-14(5,6)7/h11-12H,8-10H2,1-7H3,(H,15,17). The number of thioether (sulfide) groups is 1. The van der Waals surface area contributed by atoms with E-state index in [2.05, 4.69) is 58.7 Å². The highest BCUT2D eigenvalue weighted by Crippen LogP contribution is 2.22. The van der Waals surface area contributed by atoms with Crippen LogP contribution in [-0.4, -0.2) is 46.5 Å². The van der Waals surface area contributed by atoms with Crippen molar-refractivity contribution in [1.29, 1.82) is 0 Å². The summed E-state index contributed by atoms with van der Waals surface area (Å²) in [5.41, 5.74) is 0. The molecule has 0 aliphatic rings. The summed E-state index contributed by atoms with van der Waals surface area (Å²) < 4.78 is 0.152. The maximum Gasteiger partial charge on any atom is 0.230 e. The van der Waals surface area contributed by atoms with Gasteiger partial charge in [0.1, 0.15) is 0 Å². The minimum atomic E-state index is 0.141. The Morgan fingerprint density at radius 1 is 1.17 bits per heavy atom. The lowest BCUT2D eigenvalue weighted by Crippen LogP contribution is -2.42. The van der Waals surface area contributed by atoms with Crippen LogP contribution in [0.1, 0.15) is 48.5 Å². The number of carbonyl (C=O) groups is 1. The van der Waals surface area contributed by atoms with Gasteiger partial charge >= 0.3 is 0 Å². The molecule has 0 aromatic rings. The minimum Gasteiger partial charge on any atom is -0.354 e. The molecule has 4 heteroatoms. The summed E-state index contributed by atoms with van der Waals surface area (Å²) in [6, 6.07) is 1.04. The van der Waals surface area contributed by atoms with Gasteiger partial charge in [0.05, 0.1) is 5.75 Å². The summed E-state index contributed by atoms with van der Waals surface area (Å²) in [5, 5.41) is 2.99. The molecule has 3 nitrogen and oxygen atoms in total. The van der Waals surface area contributed by atoms with Crippen LogP contribution < -0.4 is 5.32 Å². The number of amides is 1. The molecule has 0 fully saturated rings. The smallest absolute Gasteiger partial charge is 0.230 e. The molecule has 0 unspecified atom stereocenters. The zero-order valence-corrected chi connectivity index (χ0v) is 13.9. The molecule has 0 atom stereocenters. The quantitative estimate of drug-likeness (QED) is 0.775. The SMILES string of the molecule is CC(C)N(CCNC(=O)CSC(C)(C)C)C(C)C. The van der Waals surface area contributed by atoms with Gasteiger partial charge in [-0.05, 0) is 27.7 Å². The second-order valence-electron chi connectivity index (χ2n) is 6.18. The van der Waals surface area contributed by atoms with E-state index < -0.39 is 0 Å². The molecular formula is C14H30N2OS. The number of hydrogen-bond acceptors (Lipinski definition) is 3. The van der Waals surface area contributed by atoms with Gasteiger partial charge in [-0.3, -0.25) is 9.69 Å². The molecule has 0 saturated carbocycles. The van der Waals surface area contributed by atoms with E-state index in [4.69, 9.17) is 0 Å². The predicted octanol–water partition coefficient (Wildman–Crippen LogP) is 2.75. The summed E-state index contributed by atoms with van der Waals surface area (Å²) in [4.78, 5) is 14.0. The first-order valence-electron chi connectivity index (χ1n) is 6.80. The van der Waals surface area contributed by atoms with Crippen molar-refractivity contribution in [2.75, 3.05) is 18.8 Å². The molecule has 0 aromatic heterocycles. The van der Waals surface area contributed by atoms with Gasteiger partial charge in [-0.1, -0.05) is 20.8 Å². The zero-order valence-electron chi connectivity index (χ0n) is 13.0. The van der Waals surface area contributed by atoms with Crippen molar-refractivity contribution in [1.82, 2.24) is 10.2 Å². The third-order valence-corrected chi connectivity index (χ3v) is 3.93. The van der Waals surface area contributed by atoms with E-state index in [1.807, 2.05) is 0 Å². The molecular weight excluding hydrogens is 244 g/mol. The van der Waals surface area contributed by atoms with Crippen LogP contribution in [0, 0.1) is 0 Å². The van der Waals surface area contributed by atoms with Gasteiger partial charge in [-0.2, -0.15) is 0 Å². The van der Waals surface area contributed by atoms with E-state index >= 15 is 0 Å². The number of rotatable bonds is 7. The van der Waals surface area contributed by atoms with Gasteiger partial charge in [-0.25, -0.2) is 0 Å². The van der Waals surface area contributed by atoms with Crippen molar-refractivity contribution in [3.63, 3.8) is 0 Å². The van der Waals surface area contributed by atoms with Crippen LogP contribution in [0.2, 0.25) is 0 Å². The van der Waals surface area contributed by atoms with E-state index in [9.17, 15) is 4.79 Å². The molecule has 0 heterocycles. The second kappa shape index (κ2) is 8.05. The monoisotopic (exact) mass is 274 g/mol. The Morgan fingerprint density at radius 3 is 2.06 bits per heavy atom. The predicted molar refractivity (Wildman–Crippen MR) is 82.2 cm³/mol. The molecule has 0 spiro atoms. The van der Waals surface area contributed by atoms with Crippen molar-refractivity contribution in [3.8, 4) is 0 Å². The van der Waals surface area contributed by atoms with Crippen LogP contribution in [0.4, 0.5) is 0 Å². The molecule has 0 rings (SSSR count). The summed E-state index contributed by atoms with van der Waals surface area (Å²) >= 11 is 1.69. The maximum absolute atomic E-state index is 11.7. The van der Waals surface area contributed by atoms with E-state index in [0.717, 1.165) is 13.1 Å². The Bertz CT molecular complexity index is 239. The average Bonchev–Trinajstić information content (AvgIpc) is 2.19. The second-order valence-corrected chi connectivity index (χ2v) is 7.98. The lowest BCUT2D eigenvalue weighted by atomic mass is 10.2. The molecule has 0 aliphatic heterocycles. The molecule has 1 N–H and O–H groups in total. The fourth-order valence-corrected chi connectivity index (χ4v) is 2.44. The highest BCUT2D eigenvalue weighted by molar-refractivity contribution is 8.01. The molecule has 0 bridgehead atoms. The van der Waals surface area contributed by atoms with E-state index in [1.54, 1.807) is 11.8 Å². The highest BCUT2D eigenvalue weighted by Gasteiger charge is 2.15. The Balaban J connectivity index is 3.86. The van der Waals surface area contributed by atoms with E-state index in [0.29, 0.717) is 17.8 Å². The minimum absolute atomic E-state index is 0.141. The van der Waals surface area contributed by atoms with Gasteiger partial charge in [0.15, 0.2) is 0 Å². The lowest BCUT2D eigenvalue weighted by molar-refractivity contribution is -0.118. The average molecular weight is 274 g/mol. The summed E-state index contributed by atoms with van der Waals surface area (Å²) in [6.07, 6.45) is 0. The number of nitrogens with zero attached hydrogens (tertiary/aromatic N) is 1. The van der Waals surface area contributed by atoms with Crippen LogP contribution in [-0.2, 0) is 4.79 Å². The largest absolute Gasteiger partial charge is 0.354 e. The molecule has 1 amide bonds. The van der Waals surface area contributed by atoms with Crippen LogP contribution in [0.5, 0.6) is 0 Å². The maximum atomic E-state index is 11.7. The molecule has 0 aromatic carbocycles. The van der Waals surface area contributed by atoms with Crippen molar-refractivity contribution in [2.45, 2.75) is 65.3 Å². The Morgan fingerprint density at radius 2 is 1.67 bits per heavy atom. The highest BCUT2D eigenvalue weighted by atomic mass is 32.2. The van der Waals surface area contributed by atoms with Crippen LogP contribution in [0.15, 0.2) is 0 Å². The van der Waals surface area contributed by atoms with E-state index in [1.165, 1.54) is 0 Å². The fraction of sp³-hybridized carbons (Fsp3) is 0.929. The van der Waals surface area contributed by atoms with Gasteiger partial charge in [-0.15, -0.1) is 11.8 Å². The first-order chi connectivity index (χ1) is 8.13. The topological polar surface area (TPSA) is 32.3 Å². The van der Waals surface area contributed by atoms with Crippen LogP contribution in [0.25, 0.3) is 0 Å². The molecule has 0 saturated heterocycles. The van der Waals surface area contributed by atoms with Crippen molar-refractivity contribution < 1.29 is 4.79 Å². The van der Waals surface area contributed by atoms with E-state index in [-0.39, 0.29) is 10.7 Å². The summed E-state index contributed by atoms with van der Waals surface area (Å²) in [6.45, 7) is 16.8. The summed E-state index contributed by atoms with van der Waals surface area (Å²) in [7, 11) is 0. The van der Waals surface area contributed by atoms with Crippen LogP contribution in [0.3, 0.4) is 0 Å². The fourth-order valence-electron chi connectivity index (χ4n) is 1.77. The third kappa shape index (κ3) is 8.81. The molecule has 18 heavy (non-hydrogen) atoms. The number of carbonyl (C=O) groups excluding carboxylic acids is 1. The first kappa shape index (κ1) is 17.8. The van der Waals surface area contributed by atoms with Gasteiger partial charge in [0, 0.05) is 29.9 Å². The van der Waals surface area contributed by atoms with Crippen molar-refractivity contribution >= 4 is 17.7 Å². The molecule has 108 valence electrons.